The second kappa shape index (κ2) is 2.70. The number of hydrogen-bond donors (Lipinski definition) is 0. The first-order chi connectivity index (χ1) is 6.11. The summed E-state index contributed by atoms with van der Waals surface area (Å²) in [7, 11) is -2.88. The van der Waals surface area contributed by atoms with Crippen molar-refractivity contribution in [3.63, 3.8) is 0 Å². The van der Waals surface area contributed by atoms with E-state index in [0.717, 1.165) is 11.1 Å². The Morgan fingerprint density at radius 3 is 2.23 bits per heavy atom. The van der Waals surface area contributed by atoms with Crippen molar-refractivity contribution in [3.8, 4) is 0 Å². The Labute approximate surface area is 77.8 Å². The van der Waals surface area contributed by atoms with Gasteiger partial charge in [0.15, 0.2) is 9.84 Å². The zero-order valence-corrected chi connectivity index (χ0v) is 8.14. The first-order valence-corrected chi connectivity index (χ1v) is 5.74. The molecule has 3 heteroatoms. The molecule has 0 spiro atoms. The lowest BCUT2D eigenvalue weighted by Gasteiger charge is -2.21. The van der Waals surface area contributed by atoms with Gasteiger partial charge in [-0.15, -0.1) is 0 Å². The fourth-order valence-electron chi connectivity index (χ4n) is 1.43. The van der Waals surface area contributed by atoms with Crippen LogP contribution in [0.1, 0.15) is 12.5 Å². The van der Waals surface area contributed by atoms with Crippen LogP contribution in [0, 0.1) is 0 Å². The maximum atomic E-state index is 11.1. The molecule has 1 aromatic carbocycles. The molecule has 0 radical (unpaired) electrons. The van der Waals surface area contributed by atoms with E-state index in [0.29, 0.717) is 4.91 Å². The van der Waals surface area contributed by atoms with Gasteiger partial charge in [0.25, 0.3) is 0 Å². The van der Waals surface area contributed by atoms with Crippen molar-refractivity contribution >= 4 is 15.4 Å². The summed E-state index contributed by atoms with van der Waals surface area (Å²) in [6.07, 6.45) is 0. The number of rotatable bonds is 1. The lowest BCUT2D eigenvalue weighted by molar-refractivity contribution is 0.602. The number of sulfone groups is 1. The van der Waals surface area contributed by atoms with E-state index in [-0.39, 0.29) is 5.75 Å². The molecule has 0 aromatic heterocycles. The lowest BCUT2D eigenvalue weighted by atomic mass is 10.1. The molecule has 2 rings (SSSR count). The van der Waals surface area contributed by atoms with Gasteiger partial charge in [0.2, 0.25) is 0 Å². The highest BCUT2D eigenvalue weighted by atomic mass is 32.2. The first-order valence-electron chi connectivity index (χ1n) is 4.09. The van der Waals surface area contributed by atoms with Crippen molar-refractivity contribution in [2.45, 2.75) is 6.92 Å². The van der Waals surface area contributed by atoms with E-state index in [1.807, 2.05) is 30.3 Å². The summed E-state index contributed by atoms with van der Waals surface area (Å²) in [6, 6.07) is 9.63. The summed E-state index contributed by atoms with van der Waals surface area (Å²) in [6.45, 7) is 1.67. The minimum Gasteiger partial charge on any atom is -0.224 e. The van der Waals surface area contributed by atoms with Crippen LogP contribution in [0.2, 0.25) is 0 Å². The van der Waals surface area contributed by atoms with Crippen molar-refractivity contribution in [1.82, 2.24) is 0 Å². The lowest BCUT2D eigenvalue weighted by Crippen LogP contribution is -2.21. The summed E-state index contributed by atoms with van der Waals surface area (Å²) >= 11 is 0. The average Bonchev–Trinajstić information content (AvgIpc) is 2.15. The molecule has 13 heavy (non-hydrogen) atoms. The largest absolute Gasteiger partial charge is 0.224 e. The van der Waals surface area contributed by atoms with Crippen LogP contribution in [0.3, 0.4) is 0 Å². The van der Waals surface area contributed by atoms with Gasteiger partial charge in [-0.25, -0.2) is 8.42 Å². The van der Waals surface area contributed by atoms with Crippen LogP contribution >= 0.6 is 0 Å². The number of hydrogen-bond acceptors (Lipinski definition) is 2. The monoisotopic (exact) mass is 194 g/mol. The molecule has 1 aliphatic rings. The van der Waals surface area contributed by atoms with Crippen molar-refractivity contribution in [1.29, 1.82) is 0 Å². The van der Waals surface area contributed by atoms with Crippen LogP contribution in [0.5, 0.6) is 0 Å². The predicted molar refractivity (Wildman–Crippen MR) is 52.8 cm³/mol. The summed E-state index contributed by atoms with van der Waals surface area (Å²) in [5.41, 5.74) is 1.98. The fraction of sp³-hybridized carbons (Fsp3) is 0.200. The van der Waals surface area contributed by atoms with Gasteiger partial charge in [-0.05, 0) is 18.1 Å². The van der Waals surface area contributed by atoms with Gasteiger partial charge in [-0.1, -0.05) is 30.3 Å². The van der Waals surface area contributed by atoms with Crippen LogP contribution < -0.4 is 0 Å². The van der Waals surface area contributed by atoms with E-state index in [9.17, 15) is 8.42 Å². The topological polar surface area (TPSA) is 34.1 Å². The molecule has 68 valence electrons. The molecule has 0 amide bonds. The summed E-state index contributed by atoms with van der Waals surface area (Å²) in [5, 5.41) is 0. The highest BCUT2D eigenvalue weighted by molar-refractivity contribution is 7.97. The molecule has 0 N–H and O–H groups in total. The minimum atomic E-state index is -2.88. The van der Waals surface area contributed by atoms with Crippen LogP contribution in [0.15, 0.2) is 35.2 Å². The SMILES string of the molecule is CC1=C(c2ccccc2)CS1(=O)=O. The summed E-state index contributed by atoms with van der Waals surface area (Å²) in [4.78, 5) is 0.527. The Bertz CT molecular complexity index is 455. The number of benzene rings is 1. The molecule has 0 bridgehead atoms. The molecule has 1 heterocycles. The third-order valence-electron chi connectivity index (χ3n) is 2.35. The minimum absolute atomic E-state index is 0.197. The third kappa shape index (κ3) is 1.29. The Morgan fingerprint density at radius 1 is 1.15 bits per heavy atom. The Morgan fingerprint density at radius 2 is 1.77 bits per heavy atom. The molecular formula is C10H10O2S. The van der Waals surface area contributed by atoms with Gasteiger partial charge in [0, 0.05) is 4.91 Å². The molecule has 0 saturated heterocycles. The highest BCUT2D eigenvalue weighted by Gasteiger charge is 2.30. The standard InChI is InChI=1S/C10H10O2S/c1-8-10(7-13(8,11)12)9-5-3-2-4-6-9/h2-6H,7H2,1H3. The first kappa shape index (κ1) is 8.51. The zero-order chi connectivity index (χ0) is 9.47. The van der Waals surface area contributed by atoms with E-state index in [1.165, 1.54) is 0 Å². The molecule has 0 saturated carbocycles. The average molecular weight is 194 g/mol. The van der Waals surface area contributed by atoms with Gasteiger partial charge in [0.1, 0.15) is 0 Å². The third-order valence-corrected chi connectivity index (χ3v) is 4.20. The molecule has 0 aliphatic carbocycles. The Balaban J connectivity index is 2.49. The van der Waals surface area contributed by atoms with Gasteiger partial charge in [-0.2, -0.15) is 0 Å². The van der Waals surface area contributed by atoms with Crippen molar-refractivity contribution in [3.05, 3.63) is 40.8 Å². The van der Waals surface area contributed by atoms with Gasteiger partial charge in [0.05, 0.1) is 5.75 Å². The normalized spacial score (nSPS) is 19.8. The van der Waals surface area contributed by atoms with Gasteiger partial charge in [-0.3, -0.25) is 0 Å². The quantitative estimate of drug-likeness (QED) is 0.683. The van der Waals surface area contributed by atoms with Gasteiger partial charge < -0.3 is 0 Å². The highest BCUT2D eigenvalue weighted by Crippen LogP contribution is 2.33. The van der Waals surface area contributed by atoms with E-state index in [1.54, 1.807) is 6.92 Å². The molecule has 0 unspecified atom stereocenters. The van der Waals surface area contributed by atoms with Crippen molar-refractivity contribution in [2.24, 2.45) is 0 Å². The molecule has 0 fully saturated rings. The maximum absolute atomic E-state index is 11.1. The molecule has 1 aliphatic heterocycles. The second-order valence-electron chi connectivity index (χ2n) is 3.16. The van der Waals surface area contributed by atoms with Crippen molar-refractivity contribution in [2.75, 3.05) is 5.75 Å². The van der Waals surface area contributed by atoms with Crippen LogP contribution in [-0.2, 0) is 9.84 Å². The van der Waals surface area contributed by atoms with E-state index >= 15 is 0 Å². The van der Waals surface area contributed by atoms with Crippen LogP contribution in [0.25, 0.3) is 5.57 Å². The maximum Gasteiger partial charge on any atom is 0.178 e. The Kier molecular flexibility index (Phi) is 1.77. The molecular weight excluding hydrogens is 184 g/mol. The van der Waals surface area contributed by atoms with Gasteiger partial charge >= 0.3 is 0 Å². The molecule has 2 nitrogen and oxygen atoms in total. The van der Waals surface area contributed by atoms with Crippen LogP contribution in [-0.4, -0.2) is 14.2 Å². The van der Waals surface area contributed by atoms with Crippen molar-refractivity contribution < 1.29 is 8.42 Å². The smallest absolute Gasteiger partial charge is 0.178 e. The van der Waals surface area contributed by atoms with E-state index in [4.69, 9.17) is 0 Å². The molecule has 1 aromatic rings. The Hall–Kier alpha value is -1.09. The predicted octanol–water partition coefficient (Wildman–Crippen LogP) is 1.85. The zero-order valence-electron chi connectivity index (χ0n) is 7.32. The second-order valence-corrected chi connectivity index (χ2v) is 5.29. The summed E-state index contributed by atoms with van der Waals surface area (Å²) < 4.78 is 22.3. The van der Waals surface area contributed by atoms with Crippen LogP contribution in [0.4, 0.5) is 0 Å². The fourth-order valence-corrected chi connectivity index (χ4v) is 2.73. The number of allylic oxidation sites excluding steroid dienone is 1. The van der Waals surface area contributed by atoms with E-state index in [2.05, 4.69) is 0 Å². The molecule has 0 atom stereocenters. The van der Waals surface area contributed by atoms with E-state index < -0.39 is 9.84 Å². The summed E-state index contributed by atoms with van der Waals surface area (Å²) in [5.74, 6) is 0.197.